The maximum absolute atomic E-state index is 11.7. The first-order valence-electron chi connectivity index (χ1n) is 7.40. The standard InChI is InChI=1S/C16H22N2O4S/c1-4-17-16(21)18-15(20)12(3)22-14(19)9-10-23-13-7-5-11(2)6-8-13/h5-8,12H,4,9-10H2,1-3H3,(H2,17,18,20,21)/t12-/m0/s1. The Bertz CT molecular complexity index is 546. The van der Waals surface area contributed by atoms with Crippen LogP contribution in [0.25, 0.3) is 0 Å². The van der Waals surface area contributed by atoms with E-state index in [1.807, 2.05) is 31.2 Å². The fourth-order valence-electron chi connectivity index (χ4n) is 1.61. The first-order valence-corrected chi connectivity index (χ1v) is 8.38. The molecule has 1 atom stereocenters. The molecule has 23 heavy (non-hydrogen) atoms. The fourth-order valence-corrected chi connectivity index (χ4v) is 2.45. The average molecular weight is 338 g/mol. The Hall–Kier alpha value is -2.02. The Kier molecular flexibility index (Phi) is 8.18. The molecule has 1 aromatic carbocycles. The van der Waals surface area contributed by atoms with Gasteiger partial charge in [-0.15, -0.1) is 11.8 Å². The van der Waals surface area contributed by atoms with Gasteiger partial charge in [0.05, 0.1) is 6.42 Å². The van der Waals surface area contributed by atoms with E-state index in [1.165, 1.54) is 12.5 Å². The molecule has 126 valence electrons. The van der Waals surface area contributed by atoms with Crippen molar-refractivity contribution in [3.63, 3.8) is 0 Å². The van der Waals surface area contributed by atoms with E-state index in [-0.39, 0.29) is 6.42 Å². The Morgan fingerprint density at radius 3 is 2.48 bits per heavy atom. The maximum atomic E-state index is 11.7. The predicted molar refractivity (Wildman–Crippen MR) is 89.3 cm³/mol. The quantitative estimate of drug-likeness (QED) is 0.588. The third kappa shape index (κ3) is 7.69. The van der Waals surface area contributed by atoms with Crippen molar-refractivity contribution in [1.29, 1.82) is 0 Å². The van der Waals surface area contributed by atoms with Gasteiger partial charge < -0.3 is 10.1 Å². The first kappa shape index (κ1) is 19.0. The number of amides is 3. The number of esters is 1. The molecule has 0 saturated carbocycles. The van der Waals surface area contributed by atoms with Gasteiger partial charge in [0.25, 0.3) is 5.91 Å². The second kappa shape index (κ2) is 9.89. The number of hydrogen-bond acceptors (Lipinski definition) is 5. The van der Waals surface area contributed by atoms with Gasteiger partial charge in [-0.3, -0.25) is 14.9 Å². The minimum atomic E-state index is -1.01. The number of hydrogen-bond donors (Lipinski definition) is 2. The van der Waals surface area contributed by atoms with Crippen molar-refractivity contribution >= 4 is 29.7 Å². The highest BCUT2D eigenvalue weighted by molar-refractivity contribution is 7.99. The minimum Gasteiger partial charge on any atom is -0.453 e. The van der Waals surface area contributed by atoms with E-state index in [9.17, 15) is 14.4 Å². The number of urea groups is 1. The van der Waals surface area contributed by atoms with Gasteiger partial charge in [-0.05, 0) is 32.9 Å². The summed E-state index contributed by atoms with van der Waals surface area (Å²) in [5, 5.41) is 4.53. The third-order valence-corrected chi connectivity index (χ3v) is 3.86. The molecule has 0 aliphatic carbocycles. The van der Waals surface area contributed by atoms with Gasteiger partial charge in [0.2, 0.25) is 0 Å². The van der Waals surface area contributed by atoms with Gasteiger partial charge in [-0.2, -0.15) is 0 Å². The highest BCUT2D eigenvalue weighted by Crippen LogP contribution is 2.19. The number of rotatable bonds is 7. The Labute approximate surface area is 140 Å². The van der Waals surface area contributed by atoms with Crippen molar-refractivity contribution in [2.24, 2.45) is 0 Å². The lowest BCUT2D eigenvalue weighted by Gasteiger charge is -2.13. The number of ether oxygens (including phenoxy) is 1. The second-order valence-corrected chi connectivity index (χ2v) is 6.06. The molecule has 3 amide bonds. The fraction of sp³-hybridized carbons (Fsp3) is 0.438. The van der Waals surface area contributed by atoms with Gasteiger partial charge in [0, 0.05) is 17.2 Å². The summed E-state index contributed by atoms with van der Waals surface area (Å²) in [7, 11) is 0. The summed E-state index contributed by atoms with van der Waals surface area (Å²) in [5.74, 6) is -0.550. The minimum absolute atomic E-state index is 0.192. The number of carbonyl (C=O) groups excluding carboxylic acids is 3. The summed E-state index contributed by atoms with van der Waals surface area (Å²) in [6, 6.07) is 7.40. The molecule has 6 nitrogen and oxygen atoms in total. The van der Waals surface area contributed by atoms with E-state index in [4.69, 9.17) is 4.74 Å². The number of benzene rings is 1. The zero-order valence-electron chi connectivity index (χ0n) is 13.5. The molecular weight excluding hydrogens is 316 g/mol. The van der Waals surface area contributed by atoms with Crippen LogP contribution in [0.3, 0.4) is 0 Å². The van der Waals surface area contributed by atoms with E-state index in [1.54, 1.807) is 18.7 Å². The number of aryl methyl sites for hydroxylation is 1. The lowest BCUT2D eigenvalue weighted by Crippen LogP contribution is -2.44. The second-order valence-electron chi connectivity index (χ2n) is 4.89. The molecule has 0 aliphatic heterocycles. The average Bonchev–Trinajstić information content (AvgIpc) is 2.49. The van der Waals surface area contributed by atoms with Gasteiger partial charge in [-0.1, -0.05) is 17.7 Å². The molecule has 0 unspecified atom stereocenters. The van der Waals surface area contributed by atoms with Crippen molar-refractivity contribution in [3.8, 4) is 0 Å². The van der Waals surface area contributed by atoms with Crippen molar-refractivity contribution in [3.05, 3.63) is 29.8 Å². The number of imide groups is 1. The molecule has 0 radical (unpaired) electrons. The van der Waals surface area contributed by atoms with E-state index in [2.05, 4.69) is 10.6 Å². The zero-order chi connectivity index (χ0) is 17.2. The number of carbonyl (C=O) groups is 3. The van der Waals surface area contributed by atoms with Crippen LogP contribution in [0.4, 0.5) is 4.79 Å². The van der Waals surface area contributed by atoms with Crippen LogP contribution in [0.1, 0.15) is 25.8 Å². The van der Waals surface area contributed by atoms with Crippen LogP contribution in [0.5, 0.6) is 0 Å². The van der Waals surface area contributed by atoms with Crippen LogP contribution < -0.4 is 10.6 Å². The van der Waals surface area contributed by atoms with Gasteiger partial charge in [0.1, 0.15) is 0 Å². The zero-order valence-corrected chi connectivity index (χ0v) is 14.4. The van der Waals surface area contributed by atoms with Gasteiger partial charge >= 0.3 is 12.0 Å². The lowest BCUT2D eigenvalue weighted by molar-refractivity contribution is -0.154. The third-order valence-electron chi connectivity index (χ3n) is 2.85. The molecule has 1 aromatic rings. The highest BCUT2D eigenvalue weighted by atomic mass is 32.2. The summed E-state index contributed by atoms with van der Waals surface area (Å²) in [6.45, 7) is 5.58. The highest BCUT2D eigenvalue weighted by Gasteiger charge is 2.19. The molecule has 0 saturated heterocycles. The van der Waals surface area contributed by atoms with Crippen LogP contribution in [0.15, 0.2) is 29.2 Å². The summed E-state index contributed by atoms with van der Waals surface area (Å²) in [4.78, 5) is 35.6. The molecule has 0 fully saturated rings. The summed E-state index contributed by atoms with van der Waals surface area (Å²) in [6.07, 6.45) is -0.813. The van der Waals surface area contributed by atoms with Crippen LogP contribution in [-0.2, 0) is 14.3 Å². The van der Waals surface area contributed by atoms with E-state index < -0.39 is 24.0 Å². The van der Waals surface area contributed by atoms with E-state index in [0.717, 1.165) is 4.90 Å². The SMILES string of the molecule is CCNC(=O)NC(=O)[C@H](C)OC(=O)CCSc1ccc(C)cc1. The van der Waals surface area contributed by atoms with Crippen LogP contribution in [0.2, 0.25) is 0 Å². The van der Waals surface area contributed by atoms with Crippen LogP contribution >= 0.6 is 11.8 Å². The number of thioether (sulfide) groups is 1. The van der Waals surface area contributed by atoms with E-state index in [0.29, 0.717) is 12.3 Å². The summed E-state index contributed by atoms with van der Waals surface area (Å²) in [5.41, 5.74) is 1.18. The van der Waals surface area contributed by atoms with Crippen LogP contribution in [0, 0.1) is 6.92 Å². The van der Waals surface area contributed by atoms with E-state index >= 15 is 0 Å². The molecule has 0 bridgehead atoms. The normalized spacial score (nSPS) is 11.4. The van der Waals surface area contributed by atoms with Crippen LogP contribution in [-0.4, -0.2) is 36.3 Å². The summed E-state index contributed by atoms with van der Waals surface area (Å²) >= 11 is 1.54. The molecular formula is C16H22N2O4S. The molecule has 1 rings (SSSR count). The number of nitrogens with one attached hydrogen (secondary N) is 2. The van der Waals surface area contributed by atoms with Gasteiger partial charge in [-0.25, -0.2) is 4.79 Å². The maximum Gasteiger partial charge on any atom is 0.321 e. The molecule has 0 heterocycles. The predicted octanol–water partition coefficient (Wildman–Crippen LogP) is 2.25. The molecule has 7 heteroatoms. The molecule has 2 N–H and O–H groups in total. The molecule has 0 aliphatic rings. The van der Waals surface area contributed by atoms with Crippen molar-refractivity contribution < 1.29 is 19.1 Å². The van der Waals surface area contributed by atoms with Crippen molar-refractivity contribution in [2.45, 2.75) is 38.2 Å². The molecule has 0 spiro atoms. The lowest BCUT2D eigenvalue weighted by atomic mass is 10.2. The first-order chi connectivity index (χ1) is 10.9. The Balaban J connectivity index is 2.28. The Morgan fingerprint density at radius 2 is 1.87 bits per heavy atom. The van der Waals surface area contributed by atoms with Gasteiger partial charge in [0.15, 0.2) is 6.10 Å². The van der Waals surface area contributed by atoms with Crippen molar-refractivity contribution in [1.82, 2.24) is 10.6 Å². The largest absolute Gasteiger partial charge is 0.453 e. The smallest absolute Gasteiger partial charge is 0.321 e. The Morgan fingerprint density at radius 1 is 1.22 bits per heavy atom. The monoisotopic (exact) mass is 338 g/mol. The van der Waals surface area contributed by atoms with Crippen molar-refractivity contribution in [2.75, 3.05) is 12.3 Å². The summed E-state index contributed by atoms with van der Waals surface area (Å²) < 4.78 is 5.00. The topological polar surface area (TPSA) is 84.5 Å². The molecule has 0 aromatic heterocycles.